The number of aliphatic hydroxyl groups is 2. The maximum Gasteiger partial charge on any atom is 0.220 e. The minimum Gasteiger partial charge on any atom is -0.394 e. The number of amides is 1. The number of allylic oxidation sites excluding steroid dienone is 3. The number of unbranched alkanes of at least 4 members (excludes halogenated alkanes) is 10. The summed E-state index contributed by atoms with van der Waals surface area (Å²) >= 11 is 0. The molecule has 0 aromatic heterocycles. The second-order valence-corrected chi connectivity index (χ2v) is 7.69. The van der Waals surface area contributed by atoms with Crippen LogP contribution in [-0.4, -0.2) is 34.9 Å². The Morgan fingerprint density at radius 3 is 2.00 bits per heavy atom. The highest BCUT2D eigenvalue weighted by Crippen LogP contribution is 2.10. The minimum absolute atomic E-state index is 0.0862. The van der Waals surface area contributed by atoms with E-state index < -0.39 is 12.1 Å². The molecule has 0 bridgehead atoms. The van der Waals surface area contributed by atoms with Gasteiger partial charge in [-0.3, -0.25) is 4.79 Å². The summed E-state index contributed by atoms with van der Waals surface area (Å²) in [7, 11) is 0. The van der Waals surface area contributed by atoms with E-state index in [-0.39, 0.29) is 12.5 Å². The minimum atomic E-state index is -0.850. The Morgan fingerprint density at radius 1 is 0.821 bits per heavy atom. The molecule has 0 rings (SSSR count). The Bertz CT molecular complexity index is 407. The topological polar surface area (TPSA) is 69.6 Å². The fourth-order valence-corrected chi connectivity index (χ4v) is 3.08. The summed E-state index contributed by atoms with van der Waals surface area (Å²) < 4.78 is 0. The van der Waals surface area contributed by atoms with Gasteiger partial charge in [-0.1, -0.05) is 95.9 Å². The Morgan fingerprint density at radius 2 is 1.39 bits per heavy atom. The third-order valence-corrected chi connectivity index (χ3v) is 4.92. The largest absolute Gasteiger partial charge is 0.394 e. The quantitative estimate of drug-likeness (QED) is 0.201. The second kappa shape index (κ2) is 20.6. The molecule has 0 radical (unpaired) electrons. The van der Waals surface area contributed by atoms with E-state index in [1.165, 1.54) is 44.9 Å². The van der Waals surface area contributed by atoms with Gasteiger partial charge >= 0.3 is 0 Å². The van der Waals surface area contributed by atoms with Crippen LogP contribution in [0.2, 0.25) is 0 Å². The van der Waals surface area contributed by atoms with Crippen LogP contribution < -0.4 is 5.32 Å². The summed E-state index contributed by atoms with van der Waals surface area (Å²) in [6.45, 7) is 4.12. The van der Waals surface area contributed by atoms with Crippen molar-refractivity contribution >= 4 is 5.91 Å². The molecule has 0 aromatic rings. The second-order valence-electron chi connectivity index (χ2n) is 7.69. The molecule has 4 nitrogen and oxygen atoms in total. The maximum absolute atomic E-state index is 12.0. The van der Waals surface area contributed by atoms with Crippen LogP contribution in [0.4, 0.5) is 0 Å². The number of aliphatic hydroxyl groups excluding tert-OH is 2. The monoisotopic (exact) mass is 395 g/mol. The summed E-state index contributed by atoms with van der Waals surface area (Å²) in [6, 6.07) is -0.627. The molecule has 2 atom stereocenters. The first-order valence-corrected chi connectivity index (χ1v) is 11.6. The van der Waals surface area contributed by atoms with Crippen molar-refractivity contribution in [3.05, 3.63) is 24.3 Å². The Labute approximate surface area is 173 Å². The van der Waals surface area contributed by atoms with Crippen molar-refractivity contribution in [2.24, 2.45) is 0 Å². The van der Waals surface area contributed by atoms with Crippen LogP contribution in [0.3, 0.4) is 0 Å². The molecule has 0 aromatic carbocycles. The van der Waals surface area contributed by atoms with Gasteiger partial charge in [0.2, 0.25) is 5.91 Å². The summed E-state index contributed by atoms with van der Waals surface area (Å²) in [4.78, 5) is 12.0. The molecule has 0 fully saturated rings. The third kappa shape index (κ3) is 17.0. The lowest BCUT2D eigenvalue weighted by Gasteiger charge is -2.19. The number of carbonyl (C=O) groups excluding carboxylic acids is 1. The van der Waals surface area contributed by atoms with Gasteiger partial charge < -0.3 is 15.5 Å². The summed E-state index contributed by atoms with van der Waals surface area (Å²) in [5.74, 6) is -0.0862. The molecule has 0 heterocycles. The van der Waals surface area contributed by atoms with Crippen molar-refractivity contribution in [2.45, 2.75) is 116 Å². The van der Waals surface area contributed by atoms with Gasteiger partial charge in [0.15, 0.2) is 0 Å². The van der Waals surface area contributed by atoms with E-state index in [2.05, 4.69) is 31.3 Å². The van der Waals surface area contributed by atoms with E-state index in [9.17, 15) is 15.0 Å². The molecule has 3 N–H and O–H groups in total. The summed E-state index contributed by atoms with van der Waals surface area (Å²) in [5, 5.41) is 22.4. The van der Waals surface area contributed by atoms with Crippen LogP contribution in [0, 0.1) is 0 Å². The highest BCUT2D eigenvalue weighted by molar-refractivity contribution is 5.76. The molecule has 0 aliphatic rings. The van der Waals surface area contributed by atoms with Crippen LogP contribution in [-0.2, 0) is 4.79 Å². The molecule has 1 amide bonds. The van der Waals surface area contributed by atoms with Gasteiger partial charge in [0, 0.05) is 6.42 Å². The van der Waals surface area contributed by atoms with Crippen LogP contribution in [0.5, 0.6) is 0 Å². The molecule has 2 unspecified atom stereocenters. The lowest BCUT2D eigenvalue weighted by Crippen LogP contribution is -2.45. The summed E-state index contributed by atoms with van der Waals surface area (Å²) in [5.41, 5.74) is 0. The first kappa shape index (κ1) is 26.9. The van der Waals surface area contributed by atoms with Crippen molar-refractivity contribution in [1.82, 2.24) is 5.32 Å². The average molecular weight is 396 g/mol. The van der Waals surface area contributed by atoms with Gasteiger partial charge in [-0.25, -0.2) is 0 Å². The van der Waals surface area contributed by atoms with Crippen LogP contribution >= 0.6 is 0 Å². The molecule has 164 valence electrons. The van der Waals surface area contributed by atoms with E-state index in [0.717, 1.165) is 38.5 Å². The number of rotatable bonds is 19. The molecule has 0 aliphatic carbocycles. The molecule has 0 aliphatic heterocycles. The molecular formula is C24H45NO3. The Balaban J connectivity index is 3.83. The van der Waals surface area contributed by atoms with Gasteiger partial charge in [0.1, 0.15) is 0 Å². The predicted molar refractivity (Wildman–Crippen MR) is 119 cm³/mol. The number of hydrogen-bond acceptors (Lipinski definition) is 3. The van der Waals surface area contributed by atoms with Crippen molar-refractivity contribution in [3.8, 4) is 0 Å². The van der Waals surface area contributed by atoms with Gasteiger partial charge in [-0.05, 0) is 25.7 Å². The zero-order chi connectivity index (χ0) is 20.9. The van der Waals surface area contributed by atoms with E-state index >= 15 is 0 Å². The number of hydrogen-bond donors (Lipinski definition) is 3. The molecule has 0 saturated carbocycles. The molecule has 0 spiro atoms. The van der Waals surface area contributed by atoms with Gasteiger partial charge in [0.25, 0.3) is 0 Å². The van der Waals surface area contributed by atoms with Crippen LogP contribution in [0.15, 0.2) is 24.3 Å². The predicted octanol–water partition coefficient (Wildman–Crippen LogP) is 5.44. The SMILES string of the molecule is CCC/C=C/CC/C=C/C(O)C(CO)NC(=O)CCCCCCCCCCC. The Kier molecular flexibility index (Phi) is 19.8. The summed E-state index contributed by atoms with van der Waals surface area (Å²) in [6.07, 6.45) is 22.5. The van der Waals surface area contributed by atoms with Crippen LogP contribution in [0.1, 0.15) is 104 Å². The maximum atomic E-state index is 12.0. The first-order chi connectivity index (χ1) is 13.7. The van der Waals surface area contributed by atoms with E-state index in [1.807, 2.05) is 6.08 Å². The highest BCUT2D eigenvalue weighted by Gasteiger charge is 2.17. The average Bonchev–Trinajstić information content (AvgIpc) is 2.69. The molecule has 28 heavy (non-hydrogen) atoms. The normalized spacial score (nSPS) is 14.0. The van der Waals surface area contributed by atoms with Crippen molar-refractivity contribution < 1.29 is 15.0 Å². The zero-order valence-electron chi connectivity index (χ0n) is 18.4. The van der Waals surface area contributed by atoms with E-state index in [4.69, 9.17) is 0 Å². The third-order valence-electron chi connectivity index (χ3n) is 4.92. The van der Waals surface area contributed by atoms with Crippen molar-refractivity contribution in [2.75, 3.05) is 6.61 Å². The fourth-order valence-electron chi connectivity index (χ4n) is 3.08. The molecule has 4 heteroatoms. The van der Waals surface area contributed by atoms with Crippen molar-refractivity contribution in [1.29, 1.82) is 0 Å². The van der Waals surface area contributed by atoms with Crippen molar-refractivity contribution in [3.63, 3.8) is 0 Å². The molecular weight excluding hydrogens is 350 g/mol. The standard InChI is InChI=1S/C24H45NO3/c1-3-5-7-9-11-12-14-16-18-20-24(28)25-22(21-26)23(27)19-17-15-13-10-8-6-4-2/h8,10,17,19,22-23,26-27H,3-7,9,11-16,18,20-21H2,1-2H3,(H,25,28)/b10-8+,19-17+. The zero-order valence-corrected chi connectivity index (χ0v) is 18.4. The van der Waals surface area contributed by atoms with Crippen LogP contribution in [0.25, 0.3) is 0 Å². The number of nitrogens with one attached hydrogen (secondary N) is 1. The lowest BCUT2D eigenvalue weighted by molar-refractivity contribution is -0.123. The first-order valence-electron chi connectivity index (χ1n) is 11.6. The van der Waals surface area contributed by atoms with Gasteiger partial charge in [0.05, 0.1) is 18.8 Å². The van der Waals surface area contributed by atoms with E-state index in [0.29, 0.717) is 6.42 Å². The van der Waals surface area contributed by atoms with Gasteiger partial charge in [-0.2, -0.15) is 0 Å². The highest BCUT2D eigenvalue weighted by atomic mass is 16.3. The fraction of sp³-hybridized carbons (Fsp3) is 0.792. The Hall–Kier alpha value is -1.13. The number of carbonyl (C=O) groups is 1. The lowest BCUT2D eigenvalue weighted by atomic mass is 10.1. The molecule has 0 saturated heterocycles. The van der Waals surface area contributed by atoms with Gasteiger partial charge in [-0.15, -0.1) is 0 Å². The smallest absolute Gasteiger partial charge is 0.220 e. The van der Waals surface area contributed by atoms with E-state index in [1.54, 1.807) is 6.08 Å².